The van der Waals surface area contributed by atoms with E-state index in [-0.39, 0.29) is 11.6 Å². The lowest BCUT2D eigenvalue weighted by molar-refractivity contribution is 0.101. The molecule has 0 bridgehead atoms. The SMILES string of the molecule is CCc1cc(C(C)=O)cc(-c2ccccc2C#N)c1F. The molecule has 0 atom stereocenters. The first-order valence-electron chi connectivity index (χ1n) is 6.41. The lowest BCUT2D eigenvalue weighted by Crippen LogP contribution is -2.00. The predicted octanol–water partition coefficient (Wildman–Crippen LogP) is 4.13. The molecule has 2 nitrogen and oxygen atoms in total. The van der Waals surface area contributed by atoms with Crippen LogP contribution in [0.4, 0.5) is 4.39 Å². The first kappa shape index (κ1) is 14.0. The van der Waals surface area contributed by atoms with Gasteiger partial charge in [-0.15, -0.1) is 0 Å². The van der Waals surface area contributed by atoms with Gasteiger partial charge in [-0.2, -0.15) is 5.26 Å². The minimum absolute atomic E-state index is 0.115. The second-order valence-electron chi connectivity index (χ2n) is 4.56. The van der Waals surface area contributed by atoms with Gasteiger partial charge in [0.2, 0.25) is 0 Å². The maximum atomic E-state index is 14.5. The summed E-state index contributed by atoms with van der Waals surface area (Å²) < 4.78 is 14.5. The Balaban J connectivity index is 2.76. The van der Waals surface area contributed by atoms with Gasteiger partial charge in [-0.25, -0.2) is 4.39 Å². The van der Waals surface area contributed by atoms with Crippen LogP contribution < -0.4 is 0 Å². The molecule has 0 spiro atoms. The second-order valence-corrected chi connectivity index (χ2v) is 4.56. The van der Waals surface area contributed by atoms with Crippen LogP contribution in [0.3, 0.4) is 0 Å². The molecule has 0 aliphatic rings. The average Bonchev–Trinajstić information content (AvgIpc) is 2.47. The summed E-state index contributed by atoms with van der Waals surface area (Å²) >= 11 is 0. The standard InChI is InChI=1S/C17H14FNO/c1-3-12-8-14(11(2)20)9-16(17(12)18)15-7-5-4-6-13(15)10-19/h4-9H,3H2,1-2H3. The number of halogens is 1. The van der Waals surface area contributed by atoms with Gasteiger partial charge in [-0.3, -0.25) is 4.79 Å². The molecule has 0 heterocycles. The van der Waals surface area contributed by atoms with E-state index in [1.54, 1.807) is 30.3 Å². The smallest absolute Gasteiger partial charge is 0.159 e. The summed E-state index contributed by atoms with van der Waals surface area (Å²) in [6, 6.07) is 12.0. The highest BCUT2D eigenvalue weighted by molar-refractivity contribution is 5.96. The van der Waals surface area contributed by atoms with Crippen molar-refractivity contribution in [2.24, 2.45) is 0 Å². The van der Waals surface area contributed by atoms with Gasteiger partial charge in [0.1, 0.15) is 5.82 Å². The van der Waals surface area contributed by atoms with Crippen molar-refractivity contribution in [1.82, 2.24) is 0 Å². The summed E-state index contributed by atoms with van der Waals surface area (Å²) in [6.07, 6.45) is 0.495. The van der Waals surface area contributed by atoms with E-state index in [0.717, 1.165) is 0 Å². The van der Waals surface area contributed by atoms with Gasteiger partial charge in [0.05, 0.1) is 11.6 Å². The zero-order valence-electron chi connectivity index (χ0n) is 11.4. The number of hydrogen-bond donors (Lipinski definition) is 0. The van der Waals surface area contributed by atoms with Crippen LogP contribution in [0.2, 0.25) is 0 Å². The normalized spacial score (nSPS) is 10.1. The average molecular weight is 267 g/mol. The van der Waals surface area contributed by atoms with Crippen LogP contribution in [-0.2, 0) is 6.42 Å². The second kappa shape index (κ2) is 5.66. The Labute approximate surface area is 117 Å². The van der Waals surface area contributed by atoms with E-state index in [4.69, 9.17) is 5.26 Å². The quantitative estimate of drug-likeness (QED) is 0.784. The van der Waals surface area contributed by atoms with Crippen LogP contribution in [-0.4, -0.2) is 5.78 Å². The molecule has 0 saturated heterocycles. The van der Waals surface area contributed by atoms with E-state index < -0.39 is 0 Å². The summed E-state index contributed by atoms with van der Waals surface area (Å²) in [6.45, 7) is 3.29. The third-order valence-electron chi connectivity index (χ3n) is 3.27. The molecule has 0 aromatic heterocycles. The van der Waals surface area contributed by atoms with Crippen molar-refractivity contribution in [1.29, 1.82) is 5.26 Å². The Morgan fingerprint density at radius 2 is 1.95 bits per heavy atom. The van der Waals surface area contributed by atoms with Gasteiger partial charge in [-0.05, 0) is 37.1 Å². The molecule has 0 unspecified atom stereocenters. The van der Waals surface area contributed by atoms with Crippen molar-refractivity contribution in [3.8, 4) is 17.2 Å². The van der Waals surface area contributed by atoms with Crippen molar-refractivity contribution in [2.75, 3.05) is 0 Å². The molecule has 2 rings (SSSR count). The van der Waals surface area contributed by atoms with Crippen LogP contribution in [0.1, 0.15) is 35.3 Å². The zero-order chi connectivity index (χ0) is 14.7. The zero-order valence-corrected chi connectivity index (χ0v) is 11.4. The Hall–Kier alpha value is -2.47. The van der Waals surface area contributed by atoms with E-state index in [9.17, 15) is 9.18 Å². The number of nitriles is 1. The molecular formula is C17H14FNO. The number of carbonyl (C=O) groups is 1. The molecule has 0 amide bonds. The largest absolute Gasteiger partial charge is 0.295 e. The number of Topliss-reactive ketones (excluding diaryl/α,β-unsaturated/α-hetero) is 1. The number of aryl methyl sites for hydroxylation is 1. The Bertz CT molecular complexity index is 713. The summed E-state index contributed by atoms with van der Waals surface area (Å²) in [4.78, 5) is 11.6. The van der Waals surface area contributed by atoms with Crippen LogP contribution in [0.25, 0.3) is 11.1 Å². The monoisotopic (exact) mass is 267 g/mol. The van der Waals surface area contributed by atoms with Gasteiger partial charge in [0.15, 0.2) is 5.78 Å². The Morgan fingerprint density at radius 3 is 2.55 bits per heavy atom. The van der Waals surface area contributed by atoms with Crippen molar-refractivity contribution in [3.63, 3.8) is 0 Å². The van der Waals surface area contributed by atoms with Crippen LogP contribution in [0, 0.1) is 17.1 Å². The van der Waals surface area contributed by atoms with Crippen LogP contribution in [0.5, 0.6) is 0 Å². The van der Waals surface area contributed by atoms with Gasteiger partial charge < -0.3 is 0 Å². The number of benzene rings is 2. The number of ketones is 1. The van der Waals surface area contributed by atoms with Gasteiger partial charge in [0.25, 0.3) is 0 Å². The third kappa shape index (κ3) is 2.46. The highest BCUT2D eigenvalue weighted by Crippen LogP contribution is 2.29. The van der Waals surface area contributed by atoms with Crippen molar-refractivity contribution < 1.29 is 9.18 Å². The van der Waals surface area contributed by atoms with Crippen molar-refractivity contribution in [2.45, 2.75) is 20.3 Å². The molecule has 0 aliphatic heterocycles. The molecule has 2 aromatic carbocycles. The first-order chi connectivity index (χ1) is 9.58. The van der Waals surface area contributed by atoms with E-state index in [2.05, 4.69) is 6.07 Å². The van der Waals surface area contributed by atoms with E-state index >= 15 is 0 Å². The van der Waals surface area contributed by atoms with E-state index in [1.807, 2.05) is 6.92 Å². The Morgan fingerprint density at radius 1 is 1.25 bits per heavy atom. The minimum atomic E-state index is -0.361. The van der Waals surface area contributed by atoms with Crippen LogP contribution in [0.15, 0.2) is 36.4 Å². The first-order valence-corrected chi connectivity index (χ1v) is 6.41. The molecule has 3 heteroatoms. The minimum Gasteiger partial charge on any atom is -0.295 e. The highest BCUT2D eigenvalue weighted by Gasteiger charge is 2.15. The fourth-order valence-corrected chi connectivity index (χ4v) is 2.16. The summed E-state index contributed by atoms with van der Waals surface area (Å²) in [7, 11) is 0. The topological polar surface area (TPSA) is 40.9 Å². The summed E-state index contributed by atoms with van der Waals surface area (Å²) in [5.74, 6) is -0.476. The summed E-state index contributed by atoms with van der Waals surface area (Å²) in [5.41, 5.74) is 2.18. The highest BCUT2D eigenvalue weighted by atomic mass is 19.1. The molecular weight excluding hydrogens is 253 g/mol. The maximum absolute atomic E-state index is 14.5. The molecule has 20 heavy (non-hydrogen) atoms. The Kier molecular flexibility index (Phi) is 3.95. The van der Waals surface area contributed by atoms with Crippen molar-refractivity contribution in [3.05, 3.63) is 58.9 Å². The molecule has 0 saturated carbocycles. The molecule has 0 aliphatic carbocycles. The molecule has 100 valence electrons. The van der Waals surface area contributed by atoms with E-state index in [1.165, 1.54) is 13.0 Å². The number of nitrogens with zero attached hydrogens (tertiary/aromatic N) is 1. The number of carbonyl (C=O) groups excluding carboxylic acids is 1. The lowest BCUT2D eigenvalue weighted by atomic mass is 9.94. The molecule has 2 aromatic rings. The maximum Gasteiger partial charge on any atom is 0.159 e. The molecule has 0 radical (unpaired) electrons. The van der Waals surface area contributed by atoms with Crippen LogP contribution >= 0.6 is 0 Å². The predicted molar refractivity (Wildman–Crippen MR) is 75.9 cm³/mol. The van der Waals surface area contributed by atoms with Gasteiger partial charge in [0, 0.05) is 16.7 Å². The van der Waals surface area contributed by atoms with Gasteiger partial charge in [-0.1, -0.05) is 25.1 Å². The fraction of sp³-hybridized carbons (Fsp3) is 0.176. The third-order valence-corrected chi connectivity index (χ3v) is 3.27. The summed E-state index contributed by atoms with van der Waals surface area (Å²) in [5, 5.41) is 9.14. The van der Waals surface area contributed by atoms with Crippen molar-refractivity contribution >= 4 is 5.78 Å². The lowest BCUT2D eigenvalue weighted by Gasteiger charge is -2.11. The van der Waals surface area contributed by atoms with Gasteiger partial charge >= 0.3 is 0 Å². The molecule has 0 N–H and O–H groups in total. The fourth-order valence-electron chi connectivity index (χ4n) is 2.16. The number of rotatable bonds is 3. The van der Waals surface area contributed by atoms with E-state index in [0.29, 0.717) is 34.2 Å². The number of hydrogen-bond acceptors (Lipinski definition) is 2. The molecule has 0 fully saturated rings.